The summed E-state index contributed by atoms with van der Waals surface area (Å²) >= 11 is 0. The highest BCUT2D eigenvalue weighted by Crippen LogP contribution is 2.62. The largest absolute Gasteiger partial charge is 0.497 e. The van der Waals surface area contributed by atoms with Crippen LogP contribution in [0, 0.1) is 17.3 Å². The van der Waals surface area contributed by atoms with Crippen molar-refractivity contribution in [3.63, 3.8) is 0 Å². The molecule has 1 aromatic carbocycles. The lowest BCUT2D eigenvalue weighted by Crippen LogP contribution is -2.53. The molecule has 3 aliphatic carbocycles. The van der Waals surface area contributed by atoms with E-state index in [1.165, 1.54) is 7.11 Å². The molecule has 0 heterocycles. The summed E-state index contributed by atoms with van der Waals surface area (Å²) in [6.07, 6.45) is -11.2. The predicted octanol–water partition coefficient (Wildman–Crippen LogP) is 5.11. The van der Waals surface area contributed by atoms with Crippen molar-refractivity contribution in [2.75, 3.05) is 7.11 Å². The van der Waals surface area contributed by atoms with Crippen LogP contribution in [0.4, 0.5) is 26.3 Å². The van der Waals surface area contributed by atoms with Crippen LogP contribution in [0.5, 0.6) is 5.75 Å². The number of carbonyl (C=O) groups is 2. The fourth-order valence-electron chi connectivity index (χ4n) is 6.39. The highest BCUT2D eigenvalue weighted by atomic mass is 19.4. The summed E-state index contributed by atoms with van der Waals surface area (Å²) < 4.78 is 92.8. The summed E-state index contributed by atoms with van der Waals surface area (Å²) in [4.78, 5) is 23.3. The van der Waals surface area contributed by atoms with Crippen LogP contribution in [-0.2, 0) is 25.5 Å². The molecule has 188 valence electrons. The number of benzene rings is 1. The van der Waals surface area contributed by atoms with Gasteiger partial charge < -0.3 is 14.2 Å². The molecule has 34 heavy (non-hydrogen) atoms. The number of fused-ring (bicyclic) bond motifs is 5. The van der Waals surface area contributed by atoms with Crippen molar-refractivity contribution in [1.82, 2.24) is 0 Å². The first kappa shape index (κ1) is 24.7. The second-order valence-corrected chi connectivity index (χ2v) is 9.52. The molecule has 1 aromatic rings. The molecule has 0 N–H and O–H groups in total. The van der Waals surface area contributed by atoms with E-state index in [1.54, 1.807) is 25.1 Å². The van der Waals surface area contributed by atoms with Crippen LogP contribution in [0.3, 0.4) is 0 Å². The molecule has 0 spiro atoms. The van der Waals surface area contributed by atoms with E-state index >= 15 is 0 Å². The van der Waals surface area contributed by atoms with Crippen molar-refractivity contribution < 1.29 is 50.1 Å². The number of halogens is 6. The van der Waals surface area contributed by atoms with E-state index in [9.17, 15) is 35.9 Å². The van der Waals surface area contributed by atoms with Crippen LogP contribution in [0.25, 0.3) is 0 Å². The van der Waals surface area contributed by atoms with Gasteiger partial charge in [0.2, 0.25) is 0 Å². The van der Waals surface area contributed by atoms with E-state index in [4.69, 9.17) is 14.2 Å². The van der Waals surface area contributed by atoms with Crippen LogP contribution in [-0.4, -0.2) is 43.6 Å². The Morgan fingerprint density at radius 3 is 2.24 bits per heavy atom. The lowest BCUT2D eigenvalue weighted by Gasteiger charge is -2.53. The minimum absolute atomic E-state index is 0.151. The minimum atomic E-state index is -5.22. The normalized spacial score (nSPS) is 32.8. The van der Waals surface area contributed by atoms with Crippen molar-refractivity contribution in [1.29, 1.82) is 0 Å². The number of hydrogen-bond donors (Lipinski definition) is 0. The van der Waals surface area contributed by atoms with Crippen LogP contribution < -0.4 is 4.74 Å². The highest BCUT2D eigenvalue weighted by molar-refractivity contribution is 5.76. The lowest BCUT2D eigenvalue weighted by atomic mass is 9.54. The van der Waals surface area contributed by atoms with Gasteiger partial charge in [-0.2, -0.15) is 26.3 Å². The fourth-order valence-corrected chi connectivity index (χ4v) is 6.39. The molecule has 2 saturated carbocycles. The zero-order valence-corrected chi connectivity index (χ0v) is 18.5. The van der Waals surface area contributed by atoms with E-state index < -0.39 is 47.8 Å². The second kappa shape index (κ2) is 8.34. The lowest BCUT2D eigenvalue weighted by molar-refractivity contribution is -0.220. The number of methoxy groups -OCH3 is 1. The monoisotopic (exact) mass is 494 g/mol. The summed E-state index contributed by atoms with van der Waals surface area (Å²) in [7, 11) is 1.49. The van der Waals surface area contributed by atoms with Gasteiger partial charge in [0.05, 0.1) is 7.11 Å². The Bertz CT molecular complexity index is 974. The first-order chi connectivity index (χ1) is 15.8. The molecule has 4 rings (SSSR count). The van der Waals surface area contributed by atoms with Crippen LogP contribution in [0.2, 0.25) is 0 Å². The molecule has 0 aliphatic heterocycles. The standard InChI is InChI=1S/C23H24F6O5/c1-21-10-16(33-19(30)22(24,25)26)18-13-6-4-12(32-2)9-11(13)3-5-14(18)15(21)7-8-17(21)34-20(31)23(27,28)29/h4,6,9,14-18H,3,5,7-8,10H2,1-2H3/t14-,15-,16?,17?,18+,21-/m0/s1. The van der Waals surface area contributed by atoms with Gasteiger partial charge >= 0.3 is 24.3 Å². The zero-order chi connectivity index (χ0) is 25.1. The maximum absolute atomic E-state index is 13.1. The van der Waals surface area contributed by atoms with Gasteiger partial charge in [-0.3, -0.25) is 0 Å². The number of esters is 2. The van der Waals surface area contributed by atoms with E-state index in [0.29, 0.717) is 25.0 Å². The summed E-state index contributed by atoms with van der Waals surface area (Å²) in [5.41, 5.74) is 0.549. The van der Waals surface area contributed by atoms with Crippen LogP contribution in [0.15, 0.2) is 18.2 Å². The van der Waals surface area contributed by atoms with E-state index in [0.717, 1.165) is 11.1 Å². The van der Waals surface area contributed by atoms with Gasteiger partial charge in [-0.25, -0.2) is 9.59 Å². The van der Waals surface area contributed by atoms with Crippen molar-refractivity contribution in [3.8, 4) is 5.75 Å². The Morgan fingerprint density at radius 1 is 0.971 bits per heavy atom. The summed E-state index contributed by atoms with van der Waals surface area (Å²) in [5, 5.41) is 0. The van der Waals surface area contributed by atoms with Gasteiger partial charge in [-0.1, -0.05) is 13.0 Å². The number of aryl methyl sites for hydroxylation is 1. The first-order valence-electron chi connectivity index (χ1n) is 11.0. The Labute approximate surface area is 191 Å². The molecule has 11 heteroatoms. The molecule has 2 unspecified atom stereocenters. The predicted molar refractivity (Wildman–Crippen MR) is 105 cm³/mol. The maximum atomic E-state index is 13.1. The van der Waals surface area contributed by atoms with Crippen molar-refractivity contribution >= 4 is 11.9 Å². The van der Waals surface area contributed by atoms with Gasteiger partial charge in [0, 0.05) is 11.3 Å². The van der Waals surface area contributed by atoms with Crippen LogP contribution >= 0.6 is 0 Å². The molecular weight excluding hydrogens is 470 g/mol. The van der Waals surface area contributed by atoms with Crippen LogP contribution in [0.1, 0.15) is 49.7 Å². The zero-order valence-electron chi connectivity index (χ0n) is 18.5. The summed E-state index contributed by atoms with van der Waals surface area (Å²) in [5.74, 6) is -5.11. The minimum Gasteiger partial charge on any atom is -0.497 e. The Balaban J connectivity index is 1.71. The Morgan fingerprint density at radius 2 is 1.62 bits per heavy atom. The third-order valence-electron chi connectivity index (χ3n) is 7.77. The van der Waals surface area contributed by atoms with Crippen molar-refractivity contribution in [2.24, 2.45) is 17.3 Å². The molecular formula is C23H24F6O5. The third kappa shape index (κ3) is 4.22. The second-order valence-electron chi connectivity index (χ2n) is 9.52. The number of hydrogen-bond acceptors (Lipinski definition) is 5. The Kier molecular flexibility index (Phi) is 6.05. The number of carbonyl (C=O) groups excluding carboxylic acids is 2. The number of ether oxygens (including phenoxy) is 3. The molecule has 5 nitrogen and oxygen atoms in total. The topological polar surface area (TPSA) is 61.8 Å². The number of alkyl halides is 6. The molecule has 0 radical (unpaired) electrons. The molecule has 2 fully saturated rings. The van der Waals surface area contributed by atoms with Crippen molar-refractivity contribution in [2.45, 2.75) is 69.5 Å². The molecule has 0 saturated heterocycles. The van der Waals surface area contributed by atoms with Gasteiger partial charge in [-0.15, -0.1) is 0 Å². The summed E-state index contributed by atoms with van der Waals surface area (Å²) in [6.45, 7) is 1.62. The van der Waals surface area contributed by atoms with E-state index in [1.807, 2.05) is 0 Å². The third-order valence-corrected chi connectivity index (χ3v) is 7.77. The van der Waals surface area contributed by atoms with Gasteiger partial charge in [0.1, 0.15) is 18.0 Å². The number of rotatable bonds is 3. The van der Waals surface area contributed by atoms with E-state index in [-0.39, 0.29) is 24.7 Å². The quantitative estimate of drug-likeness (QED) is 0.432. The molecule has 0 amide bonds. The summed E-state index contributed by atoms with van der Waals surface area (Å²) in [6, 6.07) is 5.23. The SMILES string of the molecule is COc1ccc2c(c1)CC[C@@H]1[C@@H]2C(OC(=O)C(F)(F)F)C[C@]2(C)C(OC(=O)C(F)(F)F)CC[C@@H]12. The maximum Gasteiger partial charge on any atom is 0.490 e. The first-order valence-corrected chi connectivity index (χ1v) is 11.0. The highest BCUT2D eigenvalue weighted by Gasteiger charge is 2.61. The molecule has 3 aliphatic rings. The van der Waals surface area contributed by atoms with Gasteiger partial charge in [0.25, 0.3) is 0 Å². The average Bonchev–Trinajstić information content (AvgIpc) is 3.07. The molecule has 0 aromatic heterocycles. The molecule has 0 bridgehead atoms. The van der Waals surface area contributed by atoms with Gasteiger partial charge in [-0.05, 0) is 67.2 Å². The van der Waals surface area contributed by atoms with E-state index in [2.05, 4.69) is 0 Å². The van der Waals surface area contributed by atoms with Crippen molar-refractivity contribution in [3.05, 3.63) is 29.3 Å². The smallest absolute Gasteiger partial charge is 0.490 e. The average molecular weight is 494 g/mol. The molecule has 6 atom stereocenters. The van der Waals surface area contributed by atoms with Gasteiger partial charge in [0.15, 0.2) is 0 Å². The Hall–Kier alpha value is -2.46. The fraction of sp³-hybridized carbons (Fsp3) is 0.652.